The van der Waals surface area contributed by atoms with E-state index in [0.717, 1.165) is 12.1 Å². The Balaban J connectivity index is 3.27. The first-order valence-corrected chi connectivity index (χ1v) is 6.36. The number of nitro groups is 1. The Kier molecular flexibility index (Phi) is 4.59. The van der Waals surface area contributed by atoms with Crippen molar-refractivity contribution < 1.29 is 22.9 Å². The molecule has 0 aliphatic rings. The van der Waals surface area contributed by atoms with Gasteiger partial charge in [-0.05, 0) is 13.0 Å². The van der Waals surface area contributed by atoms with Gasteiger partial charge < -0.3 is 4.74 Å². The minimum Gasteiger partial charge on any atom is -0.495 e. The number of nitrogens with zero attached hydrogens (tertiary/aromatic N) is 1. The van der Waals surface area contributed by atoms with Gasteiger partial charge in [-0.3, -0.25) is 15.0 Å². The van der Waals surface area contributed by atoms with E-state index in [4.69, 9.17) is 4.74 Å². The Labute approximate surface area is 104 Å². The van der Waals surface area contributed by atoms with Crippen molar-refractivity contribution in [2.24, 2.45) is 0 Å². The highest BCUT2D eigenvalue weighted by Gasteiger charge is 2.23. The zero-order valence-corrected chi connectivity index (χ0v) is 10.6. The van der Waals surface area contributed by atoms with Crippen molar-refractivity contribution in [1.29, 1.82) is 0 Å². The van der Waals surface area contributed by atoms with Crippen LogP contribution in [-0.4, -0.2) is 27.1 Å². The van der Waals surface area contributed by atoms with Gasteiger partial charge in [0.05, 0.1) is 18.6 Å². The lowest BCUT2D eigenvalue weighted by Crippen LogP contribution is -2.24. The van der Waals surface area contributed by atoms with Crippen LogP contribution in [0.5, 0.6) is 5.75 Å². The topological polar surface area (TPSA) is 108 Å². The molecule has 0 spiro atoms. The summed E-state index contributed by atoms with van der Waals surface area (Å²) in [5, 5.41) is 10.6. The second-order valence-corrected chi connectivity index (χ2v) is 4.73. The molecule has 0 atom stereocenters. The lowest BCUT2D eigenvalue weighted by molar-refractivity contribution is -0.385. The summed E-state index contributed by atoms with van der Waals surface area (Å²) in [5.41, 5.74) is -0.354. The van der Waals surface area contributed by atoms with E-state index in [9.17, 15) is 18.5 Å². The maximum absolute atomic E-state index is 11.8. The highest BCUT2D eigenvalue weighted by Crippen LogP contribution is 2.27. The lowest BCUT2D eigenvalue weighted by atomic mass is 10.3. The van der Waals surface area contributed by atoms with Gasteiger partial charge in [0.15, 0.2) is 0 Å². The molecule has 0 saturated carbocycles. The third kappa shape index (κ3) is 3.15. The number of nitro benzene ring substituents is 1. The van der Waals surface area contributed by atoms with Crippen LogP contribution in [0.15, 0.2) is 23.1 Å². The normalized spacial score (nSPS) is 11.2. The second-order valence-electron chi connectivity index (χ2n) is 3.11. The number of sulfonamides is 1. The fourth-order valence-electron chi connectivity index (χ4n) is 1.17. The van der Waals surface area contributed by atoms with Gasteiger partial charge in [0.2, 0.25) is 0 Å². The summed E-state index contributed by atoms with van der Waals surface area (Å²) >= 11 is 0. The molecule has 0 bridgehead atoms. The van der Waals surface area contributed by atoms with E-state index in [-0.39, 0.29) is 22.9 Å². The quantitative estimate of drug-likeness (QED) is 0.609. The van der Waals surface area contributed by atoms with Crippen LogP contribution >= 0.6 is 0 Å². The fourth-order valence-corrected chi connectivity index (χ4v) is 2.23. The third-order valence-electron chi connectivity index (χ3n) is 1.96. The Morgan fingerprint density at radius 3 is 2.61 bits per heavy atom. The van der Waals surface area contributed by atoms with Crippen molar-refractivity contribution >= 4 is 15.7 Å². The van der Waals surface area contributed by atoms with Crippen molar-refractivity contribution in [3.05, 3.63) is 28.3 Å². The Morgan fingerprint density at radius 2 is 2.11 bits per heavy atom. The summed E-state index contributed by atoms with van der Waals surface area (Å²) in [6.45, 7) is 1.71. The number of rotatable bonds is 6. The Morgan fingerprint density at radius 1 is 1.44 bits per heavy atom. The van der Waals surface area contributed by atoms with E-state index in [1.165, 1.54) is 13.2 Å². The smallest absolute Gasteiger partial charge is 0.271 e. The molecular formula is C9H12N2O6S. The summed E-state index contributed by atoms with van der Waals surface area (Å²) in [7, 11) is -2.76. The van der Waals surface area contributed by atoms with E-state index in [0.29, 0.717) is 0 Å². The monoisotopic (exact) mass is 276 g/mol. The molecule has 0 fully saturated rings. The van der Waals surface area contributed by atoms with Crippen LogP contribution in [0, 0.1) is 10.1 Å². The largest absolute Gasteiger partial charge is 0.495 e. The number of hydrogen-bond donors (Lipinski definition) is 1. The van der Waals surface area contributed by atoms with Gasteiger partial charge in [-0.15, -0.1) is 0 Å². The van der Waals surface area contributed by atoms with E-state index in [2.05, 4.69) is 4.84 Å². The molecule has 0 amide bonds. The fraction of sp³-hybridized carbons (Fsp3) is 0.333. The molecule has 100 valence electrons. The SMILES string of the molecule is CCONS(=O)(=O)c1cc([N+](=O)[O-])ccc1OC. The number of non-ortho nitro benzene ring substituents is 1. The lowest BCUT2D eigenvalue weighted by Gasteiger charge is -2.09. The van der Waals surface area contributed by atoms with Gasteiger partial charge in [-0.2, -0.15) is 0 Å². The van der Waals surface area contributed by atoms with Gasteiger partial charge in [0.25, 0.3) is 15.7 Å². The molecule has 0 saturated heterocycles. The minimum absolute atomic E-state index is 0.00666. The van der Waals surface area contributed by atoms with Gasteiger partial charge in [0.1, 0.15) is 10.6 Å². The van der Waals surface area contributed by atoms with Crippen LogP contribution in [0.25, 0.3) is 0 Å². The first-order valence-electron chi connectivity index (χ1n) is 4.88. The first-order chi connectivity index (χ1) is 8.42. The Hall–Kier alpha value is -1.71. The van der Waals surface area contributed by atoms with Crippen molar-refractivity contribution in [3.8, 4) is 5.75 Å². The molecule has 8 nitrogen and oxygen atoms in total. The zero-order valence-electron chi connectivity index (χ0n) is 9.74. The molecule has 0 aromatic heterocycles. The summed E-state index contributed by atoms with van der Waals surface area (Å²) in [6.07, 6.45) is 0. The molecule has 0 unspecified atom stereocenters. The molecular weight excluding hydrogens is 264 g/mol. The average molecular weight is 276 g/mol. The summed E-state index contributed by atoms with van der Waals surface area (Å²) in [4.78, 5) is 16.0. The van der Waals surface area contributed by atoms with Crippen LogP contribution in [0.3, 0.4) is 0 Å². The van der Waals surface area contributed by atoms with Crippen LogP contribution < -0.4 is 9.62 Å². The molecule has 1 N–H and O–H groups in total. The van der Waals surface area contributed by atoms with Crippen LogP contribution in [0.2, 0.25) is 0 Å². The van der Waals surface area contributed by atoms with Gasteiger partial charge in [-0.25, -0.2) is 8.42 Å². The maximum Gasteiger partial charge on any atom is 0.271 e. The molecule has 0 heterocycles. The van der Waals surface area contributed by atoms with Gasteiger partial charge >= 0.3 is 0 Å². The molecule has 0 aliphatic heterocycles. The predicted molar refractivity (Wildman–Crippen MR) is 61.6 cm³/mol. The van der Waals surface area contributed by atoms with Crippen molar-refractivity contribution in [1.82, 2.24) is 4.89 Å². The molecule has 0 aliphatic carbocycles. The van der Waals surface area contributed by atoms with Gasteiger partial charge in [0, 0.05) is 12.1 Å². The van der Waals surface area contributed by atoms with Gasteiger partial charge in [-0.1, -0.05) is 4.89 Å². The van der Waals surface area contributed by atoms with Crippen LogP contribution in [-0.2, 0) is 14.9 Å². The molecule has 18 heavy (non-hydrogen) atoms. The number of nitrogens with one attached hydrogen (secondary N) is 1. The van der Waals surface area contributed by atoms with Crippen molar-refractivity contribution in [2.75, 3.05) is 13.7 Å². The predicted octanol–water partition coefficient (Wildman–Crippen LogP) is 0.833. The number of hydrogen-bond acceptors (Lipinski definition) is 6. The first kappa shape index (κ1) is 14.4. The number of benzene rings is 1. The van der Waals surface area contributed by atoms with Crippen molar-refractivity contribution in [3.63, 3.8) is 0 Å². The molecule has 0 radical (unpaired) electrons. The van der Waals surface area contributed by atoms with E-state index < -0.39 is 14.9 Å². The number of ether oxygens (including phenoxy) is 1. The molecule has 1 aromatic carbocycles. The van der Waals surface area contributed by atoms with E-state index in [1.54, 1.807) is 6.92 Å². The highest BCUT2D eigenvalue weighted by molar-refractivity contribution is 7.89. The van der Waals surface area contributed by atoms with Crippen molar-refractivity contribution in [2.45, 2.75) is 11.8 Å². The average Bonchev–Trinajstić information content (AvgIpc) is 2.35. The highest BCUT2D eigenvalue weighted by atomic mass is 32.2. The summed E-state index contributed by atoms with van der Waals surface area (Å²) in [5.74, 6) is -0.00666. The standard InChI is InChI=1S/C9H12N2O6S/c1-3-17-10-18(14,15)9-6-7(11(12)13)4-5-8(9)16-2/h4-6,10H,3H2,1-2H3. The summed E-state index contributed by atoms with van der Waals surface area (Å²) in [6, 6.07) is 3.26. The third-order valence-corrected chi connectivity index (χ3v) is 3.20. The van der Waals surface area contributed by atoms with Crippen LogP contribution in [0.4, 0.5) is 5.69 Å². The van der Waals surface area contributed by atoms with E-state index in [1.807, 2.05) is 4.89 Å². The number of methoxy groups -OCH3 is 1. The minimum atomic E-state index is -4.02. The summed E-state index contributed by atoms with van der Waals surface area (Å²) < 4.78 is 28.5. The molecule has 1 aromatic rings. The van der Waals surface area contributed by atoms with E-state index >= 15 is 0 Å². The zero-order chi connectivity index (χ0) is 13.8. The Bertz CT molecular complexity index is 542. The van der Waals surface area contributed by atoms with Crippen LogP contribution in [0.1, 0.15) is 6.92 Å². The maximum atomic E-state index is 11.8. The molecule has 1 rings (SSSR count). The second kappa shape index (κ2) is 5.76. The molecule has 9 heteroatoms.